The minimum Gasteiger partial charge on any atom is -0.379 e. The highest BCUT2D eigenvalue weighted by Gasteiger charge is 2.22. The highest BCUT2D eigenvalue weighted by Crippen LogP contribution is 2.31. The predicted octanol–water partition coefficient (Wildman–Crippen LogP) is 4.04. The summed E-state index contributed by atoms with van der Waals surface area (Å²) in [5.74, 6) is -0.527. The van der Waals surface area contributed by atoms with Gasteiger partial charge in [-0.15, -0.1) is 0 Å². The van der Waals surface area contributed by atoms with Gasteiger partial charge < -0.3 is 15.8 Å². The van der Waals surface area contributed by atoms with E-state index in [2.05, 4.69) is 15.2 Å². The zero-order valence-corrected chi connectivity index (χ0v) is 17.7. The smallest absolute Gasteiger partial charge is 0.326 e. The molecule has 1 saturated heterocycles. The number of morpholine rings is 1. The van der Waals surface area contributed by atoms with Gasteiger partial charge in [0, 0.05) is 43.0 Å². The van der Waals surface area contributed by atoms with E-state index in [4.69, 9.17) is 22.1 Å². The number of urea groups is 1. The van der Waals surface area contributed by atoms with E-state index in [1.54, 1.807) is 30.3 Å². The molecule has 4 rings (SSSR count). The number of carbonyl (C=O) groups excluding carboxylic acids is 1. The van der Waals surface area contributed by atoms with Gasteiger partial charge in [0.25, 0.3) is 0 Å². The lowest BCUT2D eigenvalue weighted by Crippen LogP contribution is -2.44. The predicted molar refractivity (Wildman–Crippen MR) is 119 cm³/mol. The maximum absolute atomic E-state index is 14.9. The number of nitrogens with one attached hydrogen (secondary N) is 1. The van der Waals surface area contributed by atoms with Gasteiger partial charge in [-0.2, -0.15) is 0 Å². The minimum atomic E-state index is -0.527. The number of thiazole rings is 1. The van der Waals surface area contributed by atoms with Crippen LogP contribution in [0.3, 0.4) is 0 Å². The van der Waals surface area contributed by atoms with E-state index < -0.39 is 11.8 Å². The van der Waals surface area contributed by atoms with Crippen molar-refractivity contribution in [1.29, 1.82) is 0 Å². The maximum Gasteiger partial charge on any atom is 0.326 e. The molecule has 1 aliphatic heterocycles. The van der Waals surface area contributed by atoms with Crippen molar-refractivity contribution in [3.63, 3.8) is 0 Å². The molecule has 3 aromatic rings. The van der Waals surface area contributed by atoms with Crippen LogP contribution < -0.4 is 16.0 Å². The van der Waals surface area contributed by atoms with Gasteiger partial charge in [-0.3, -0.25) is 9.80 Å². The Bertz CT molecular complexity index is 1040. The standard InChI is InChI=1S/C20H21ClFN5O2S/c21-13-1-3-14(4-2-13)24-20(28)27(6-5-26-7-9-29-10-8-26)17-12-18-16(11-15(17)22)25-19(23)30-18/h1-4,11-12H,5-10H2,(H2,23,25)(H,24,28). The Morgan fingerprint density at radius 2 is 2.03 bits per heavy atom. The van der Waals surface area contributed by atoms with Gasteiger partial charge in [-0.25, -0.2) is 14.2 Å². The Labute approximate surface area is 182 Å². The third-order valence-electron chi connectivity index (χ3n) is 4.85. The summed E-state index contributed by atoms with van der Waals surface area (Å²) in [7, 11) is 0. The van der Waals surface area contributed by atoms with E-state index in [1.807, 2.05) is 0 Å². The first kappa shape index (κ1) is 20.8. The summed E-state index contributed by atoms with van der Waals surface area (Å²) in [6.07, 6.45) is 0. The van der Waals surface area contributed by atoms with Crippen LogP contribution in [0.25, 0.3) is 10.2 Å². The van der Waals surface area contributed by atoms with Crippen molar-refractivity contribution in [3.8, 4) is 0 Å². The molecule has 0 bridgehead atoms. The second-order valence-corrected chi connectivity index (χ2v) is 8.36. The molecule has 30 heavy (non-hydrogen) atoms. The Kier molecular flexibility index (Phi) is 6.33. The maximum atomic E-state index is 14.9. The lowest BCUT2D eigenvalue weighted by molar-refractivity contribution is 0.0393. The average molecular weight is 450 g/mol. The summed E-state index contributed by atoms with van der Waals surface area (Å²) >= 11 is 7.17. The van der Waals surface area contributed by atoms with Crippen LogP contribution >= 0.6 is 22.9 Å². The van der Waals surface area contributed by atoms with Gasteiger partial charge in [-0.1, -0.05) is 22.9 Å². The van der Waals surface area contributed by atoms with Gasteiger partial charge in [0.05, 0.1) is 29.1 Å². The lowest BCUT2D eigenvalue weighted by atomic mass is 10.2. The van der Waals surface area contributed by atoms with E-state index in [0.29, 0.717) is 47.7 Å². The van der Waals surface area contributed by atoms with Gasteiger partial charge in [0.2, 0.25) is 0 Å². The van der Waals surface area contributed by atoms with Crippen molar-refractivity contribution >= 4 is 55.7 Å². The normalized spacial score (nSPS) is 14.7. The van der Waals surface area contributed by atoms with Crippen LogP contribution in [0, 0.1) is 5.82 Å². The summed E-state index contributed by atoms with van der Waals surface area (Å²) in [5, 5.41) is 3.74. The first-order chi connectivity index (χ1) is 14.5. The number of carbonyl (C=O) groups is 1. The van der Waals surface area contributed by atoms with Gasteiger partial charge in [0.15, 0.2) is 5.13 Å². The SMILES string of the molecule is Nc1nc2cc(F)c(N(CCN3CCOCC3)C(=O)Nc3ccc(Cl)cc3)cc2s1. The molecule has 7 nitrogen and oxygen atoms in total. The van der Waals surface area contributed by atoms with E-state index in [1.165, 1.54) is 22.3 Å². The number of hydrogen-bond acceptors (Lipinski definition) is 6. The molecule has 2 amide bonds. The van der Waals surface area contributed by atoms with Crippen molar-refractivity contribution in [2.24, 2.45) is 0 Å². The molecular formula is C20H21ClFN5O2S. The molecule has 3 N–H and O–H groups in total. The zero-order valence-electron chi connectivity index (χ0n) is 16.1. The van der Waals surface area contributed by atoms with Gasteiger partial charge in [-0.05, 0) is 30.3 Å². The fraction of sp³-hybridized carbons (Fsp3) is 0.300. The number of rotatable bonds is 5. The van der Waals surface area contributed by atoms with E-state index in [-0.39, 0.29) is 5.69 Å². The topological polar surface area (TPSA) is 83.7 Å². The van der Waals surface area contributed by atoms with Crippen molar-refractivity contribution in [1.82, 2.24) is 9.88 Å². The summed E-state index contributed by atoms with van der Waals surface area (Å²) in [5.41, 5.74) is 7.00. The van der Waals surface area contributed by atoms with Crippen LogP contribution in [0.2, 0.25) is 5.02 Å². The first-order valence-electron chi connectivity index (χ1n) is 9.49. The second-order valence-electron chi connectivity index (χ2n) is 6.87. The van der Waals surface area contributed by atoms with Crippen molar-refractivity contribution in [2.75, 3.05) is 55.3 Å². The van der Waals surface area contributed by atoms with Crippen molar-refractivity contribution in [2.45, 2.75) is 0 Å². The summed E-state index contributed by atoms with van der Waals surface area (Å²) in [6, 6.07) is 9.27. The molecule has 1 fully saturated rings. The summed E-state index contributed by atoms with van der Waals surface area (Å²) < 4.78 is 21.0. The largest absolute Gasteiger partial charge is 0.379 e. The van der Waals surface area contributed by atoms with E-state index in [9.17, 15) is 9.18 Å². The van der Waals surface area contributed by atoms with E-state index >= 15 is 0 Å². The number of nitrogen functional groups attached to an aromatic ring is 1. The number of amides is 2. The molecule has 1 aromatic heterocycles. The number of nitrogens with two attached hydrogens (primary N) is 1. The number of hydrogen-bond donors (Lipinski definition) is 2. The molecule has 2 aromatic carbocycles. The molecule has 0 radical (unpaired) electrons. The Balaban J connectivity index is 1.61. The molecule has 0 unspecified atom stereocenters. The summed E-state index contributed by atoms with van der Waals surface area (Å²) in [6.45, 7) is 3.77. The summed E-state index contributed by atoms with van der Waals surface area (Å²) in [4.78, 5) is 20.8. The van der Waals surface area contributed by atoms with E-state index in [0.717, 1.165) is 17.8 Å². The third kappa shape index (κ3) is 4.81. The van der Waals surface area contributed by atoms with Gasteiger partial charge in [0.1, 0.15) is 5.82 Å². The zero-order chi connectivity index (χ0) is 21.1. The number of halogens is 2. The van der Waals surface area contributed by atoms with Crippen molar-refractivity contribution in [3.05, 3.63) is 47.2 Å². The molecule has 10 heteroatoms. The number of nitrogens with zero attached hydrogens (tertiary/aromatic N) is 3. The van der Waals surface area contributed by atoms with Crippen LogP contribution in [0.1, 0.15) is 0 Å². The highest BCUT2D eigenvalue weighted by atomic mass is 35.5. The fourth-order valence-electron chi connectivity index (χ4n) is 3.28. The number of anilines is 3. The molecule has 0 aliphatic carbocycles. The molecule has 2 heterocycles. The average Bonchev–Trinajstić information content (AvgIpc) is 3.09. The highest BCUT2D eigenvalue weighted by molar-refractivity contribution is 7.22. The number of aromatic nitrogens is 1. The minimum absolute atomic E-state index is 0.186. The number of benzene rings is 2. The third-order valence-corrected chi connectivity index (χ3v) is 5.95. The lowest BCUT2D eigenvalue weighted by Gasteiger charge is -2.30. The Morgan fingerprint density at radius 1 is 1.30 bits per heavy atom. The van der Waals surface area contributed by atoms with Crippen LogP contribution in [0.15, 0.2) is 36.4 Å². The van der Waals surface area contributed by atoms with Gasteiger partial charge >= 0.3 is 6.03 Å². The second kappa shape index (κ2) is 9.13. The number of ether oxygens (including phenoxy) is 1. The molecular weight excluding hydrogens is 429 g/mol. The molecule has 0 atom stereocenters. The van der Waals surface area contributed by atoms with Crippen molar-refractivity contribution < 1.29 is 13.9 Å². The molecule has 0 saturated carbocycles. The Morgan fingerprint density at radius 3 is 2.77 bits per heavy atom. The van der Waals surface area contributed by atoms with Crippen LogP contribution in [-0.2, 0) is 4.74 Å². The Hall–Kier alpha value is -2.46. The first-order valence-corrected chi connectivity index (χ1v) is 10.7. The molecule has 1 aliphatic rings. The van der Waals surface area contributed by atoms with Crippen LogP contribution in [0.5, 0.6) is 0 Å². The van der Waals surface area contributed by atoms with Crippen LogP contribution in [0.4, 0.5) is 25.7 Å². The molecule has 0 spiro atoms. The van der Waals surface area contributed by atoms with Crippen LogP contribution in [-0.4, -0.2) is 55.3 Å². The monoisotopic (exact) mass is 449 g/mol. The fourth-order valence-corrected chi connectivity index (χ4v) is 4.16. The number of fused-ring (bicyclic) bond motifs is 1. The molecule has 158 valence electrons. The quantitative estimate of drug-likeness (QED) is 0.614.